The second kappa shape index (κ2) is 4.75. The number of urea groups is 1. The quantitative estimate of drug-likeness (QED) is 0.769. The monoisotopic (exact) mass is 207 g/mol. The van der Waals surface area contributed by atoms with Gasteiger partial charge >= 0.3 is 6.03 Å². The second-order valence-corrected chi connectivity index (χ2v) is 3.32. The van der Waals surface area contributed by atoms with Crippen LogP contribution in [0.5, 0.6) is 0 Å². The lowest BCUT2D eigenvalue weighted by Crippen LogP contribution is -2.37. The molecule has 0 aliphatic carbocycles. The summed E-state index contributed by atoms with van der Waals surface area (Å²) in [4.78, 5) is 15.4. The van der Waals surface area contributed by atoms with E-state index in [1.165, 1.54) is 0 Å². The molecular formula is C10H13N3O2. The van der Waals surface area contributed by atoms with Crippen LogP contribution in [0.3, 0.4) is 0 Å². The molecule has 15 heavy (non-hydrogen) atoms. The van der Waals surface area contributed by atoms with E-state index in [1.807, 2.05) is 6.07 Å². The van der Waals surface area contributed by atoms with Gasteiger partial charge in [-0.05, 0) is 25.0 Å². The van der Waals surface area contributed by atoms with Gasteiger partial charge in [0.05, 0.1) is 0 Å². The molecule has 0 radical (unpaired) electrons. The van der Waals surface area contributed by atoms with Gasteiger partial charge in [0.1, 0.15) is 12.0 Å². The van der Waals surface area contributed by atoms with E-state index >= 15 is 0 Å². The SMILES string of the molecule is O=C(Nc1ccccn1)NC1CCCO1. The molecule has 5 nitrogen and oxygen atoms in total. The Hall–Kier alpha value is -1.62. The number of nitrogens with zero attached hydrogens (tertiary/aromatic N) is 1. The van der Waals surface area contributed by atoms with Crippen LogP contribution in [0, 0.1) is 0 Å². The van der Waals surface area contributed by atoms with Crippen molar-refractivity contribution in [3.05, 3.63) is 24.4 Å². The van der Waals surface area contributed by atoms with Gasteiger partial charge in [-0.3, -0.25) is 5.32 Å². The highest BCUT2D eigenvalue weighted by molar-refractivity contribution is 5.88. The zero-order valence-corrected chi connectivity index (χ0v) is 8.27. The van der Waals surface area contributed by atoms with Gasteiger partial charge < -0.3 is 10.1 Å². The lowest BCUT2D eigenvalue weighted by Gasteiger charge is -2.12. The molecule has 1 saturated heterocycles. The molecule has 2 N–H and O–H groups in total. The predicted octanol–water partition coefficient (Wildman–Crippen LogP) is 1.34. The molecule has 1 aromatic heterocycles. The molecule has 1 unspecified atom stereocenters. The van der Waals surface area contributed by atoms with E-state index in [1.54, 1.807) is 18.3 Å². The number of ether oxygens (including phenoxy) is 1. The number of carbonyl (C=O) groups is 1. The van der Waals surface area contributed by atoms with Crippen molar-refractivity contribution in [2.45, 2.75) is 19.1 Å². The molecule has 0 bridgehead atoms. The average molecular weight is 207 g/mol. The maximum atomic E-state index is 11.4. The predicted molar refractivity (Wildman–Crippen MR) is 55.4 cm³/mol. The van der Waals surface area contributed by atoms with Gasteiger partial charge in [0.2, 0.25) is 0 Å². The Morgan fingerprint density at radius 1 is 1.53 bits per heavy atom. The van der Waals surface area contributed by atoms with Gasteiger partial charge in [0.15, 0.2) is 0 Å². The fourth-order valence-electron chi connectivity index (χ4n) is 1.43. The van der Waals surface area contributed by atoms with Crippen molar-refractivity contribution < 1.29 is 9.53 Å². The minimum atomic E-state index is -0.277. The summed E-state index contributed by atoms with van der Waals surface area (Å²) in [6.07, 6.45) is 3.33. The van der Waals surface area contributed by atoms with Crippen LogP contribution in [-0.4, -0.2) is 23.8 Å². The van der Waals surface area contributed by atoms with Gasteiger partial charge in [-0.1, -0.05) is 6.07 Å². The van der Waals surface area contributed by atoms with E-state index < -0.39 is 0 Å². The molecule has 1 aliphatic rings. The molecule has 1 atom stereocenters. The van der Waals surface area contributed by atoms with Crippen molar-refractivity contribution in [2.75, 3.05) is 11.9 Å². The largest absolute Gasteiger partial charge is 0.358 e. The van der Waals surface area contributed by atoms with Gasteiger partial charge in [-0.15, -0.1) is 0 Å². The van der Waals surface area contributed by atoms with Crippen molar-refractivity contribution in [3.8, 4) is 0 Å². The third kappa shape index (κ3) is 2.92. The van der Waals surface area contributed by atoms with Crippen molar-refractivity contribution in [1.29, 1.82) is 0 Å². The summed E-state index contributed by atoms with van der Waals surface area (Å²) >= 11 is 0. The van der Waals surface area contributed by atoms with Crippen LogP contribution in [0.25, 0.3) is 0 Å². The minimum Gasteiger partial charge on any atom is -0.358 e. The second-order valence-electron chi connectivity index (χ2n) is 3.32. The van der Waals surface area contributed by atoms with Gasteiger partial charge in [-0.25, -0.2) is 9.78 Å². The standard InChI is InChI=1S/C10H13N3O2/c14-10(13-9-5-3-7-15-9)12-8-4-1-2-6-11-8/h1-2,4,6,9H,3,5,7H2,(H2,11,12,13,14). The van der Waals surface area contributed by atoms with Gasteiger partial charge in [-0.2, -0.15) is 0 Å². The first-order valence-corrected chi connectivity index (χ1v) is 4.95. The molecular weight excluding hydrogens is 194 g/mol. The first kappa shape index (κ1) is 9.92. The molecule has 1 aromatic rings. The molecule has 1 fully saturated rings. The molecule has 0 spiro atoms. The highest BCUT2D eigenvalue weighted by atomic mass is 16.5. The topological polar surface area (TPSA) is 63.2 Å². The fourth-order valence-corrected chi connectivity index (χ4v) is 1.43. The number of carbonyl (C=O) groups excluding carboxylic acids is 1. The van der Waals surface area contributed by atoms with Crippen LogP contribution >= 0.6 is 0 Å². The number of amides is 2. The third-order valence-electron chi connectivity index (χ3n) is 2.13. The molecule has 2 heterocycles. The molecule has 2 amide bonds. The van der Waals surface area contributed by atoms with Crippen LogP contribution in [0.15, 0.2) is 24.4 Å². The fraction of sp³-hybridized carbons (Fsp3) is 0.400. The van der Waals surface area contributed by atoms with E-state index in [9.17, 15) is 4.79 Å². The van der Waals surface area contributed by atoms with Crippen molar-refractivity contribution >= 4 is 11.8 Å². The van der Waals surface area contributed by atoms with Crippen molar-refractivity contribution in [2.24, 2.45) is 0 Å². The lowest BCUT2D eigenvalue weighted by atomic mass is 10.3. The van der Waals surface area contributed by atoms with Crippen molar-refractivity contribution in [1.82, 2.24) is 10.3 Å². The van der Waals surface area contributed by atoms with E-state index in [4.69, 9.17) is 4.74 Å². The van der Waals surface area contributed by atoms with E-state index in [0.717, 1.165) is 12.8 Å². The first-order chi connectivity index (χ1) is 7.34. The summed E-state index contributed by atoms with van der Waals surface area (Å²) in [6, 6.07) is 5.06. The molecule has 0 aromatic carbocycles. The maximum Gasteiger partial charge on any atom is 0.322 e. The van der Waals surface area contributed by atoms with E-state index in [0.29, 0.717) is 12.4 Å². The molecule has 5 heteroatoms. The zero-order chi connectivity index (χ0) is 10.5. The summed E-state index contributed by atoms with van der Waals surface area (Å²) < 4.78 is 5.27. The van der Waals surface area contributed by atoms with E-state index in [2.05, 4.69) is 15.6 Å². The Morgan fingerprint density at radius 3 is 3.13 bits per heavy atom. The molecule has 1 aliphatic heterocycles. The summed E-state index contributed by atoms with van der Waals surface area (Å²) in [5.74, 6) is 0.535. The maximum absolute atomic E-state index is 11.4. The number of pyridine rings is 1. The summed E-state index contributed by atoms with van der Waals surface area (Å²) in [5, 5.41) is 5.34. The highest BCUT2D eigenvalue weighted by Gasteiger charge is 2.17. The third-order valence-corrected chi connectivity index (χ3v) is 2.13. The number of hydrogen-bond donors (Lipinski definition) is 2. The Bertz CT molecular complexity index is 323. The smallest absolute Gasteiger partial charge is 0.322 e. The Balaban J connectivity index is 1.82. The summed E-state index contributed by atoms with van der Waals surface area (Å²) in [6.45, 7) is 0.717. The van der Waals surface area contributed by atoms with Gasteiger partial charge in [0.25, 0.3) is 0 Å². The van der Waals surface area contributed by atoms with E-state index in [-0.39, 0.29) is 12.3 Å². The molecule has 80 valence electrons. The van der Waals surface area contributed by atoms with Crippen LogP contribution in [0.4, 0.5) is 10.6 Å². The number of nitrogens with one attached hydrogen (secondary N) is 2. The Kier molecular flexibility index (Phi) is 3.14. The van der Waals surface area contributed by atoms with Crippen LogP contribution < -0.4 is 10.6 Å². The average Bonchev–Trinajstić information content (AvgIpc) is 2.71. The normalized spacial score (nSPS) is 19.9. The molecule has 0 saturated carbocycles. The molecule has 2 rings (SSSR count). The number of hydrogen-bond acceptors (Lipinski definition) is 3. The Morgan fingerprint density at radius 2 is 2.47 bits per heavy atom. The van der Waals surface area contributed by atoms with Crippen molar-refractivity contribution in [3.63, 3.8) is 0 Å². The number of aromatic nitrogens is 1. The highest BCUT2D eigenvalue weighted by Crippen LogP contribution is 2.09. The number of rotatable bonds is 2. The summed E-state index contributed by atoms with van der Waals surface area (Å²) in [7, 11) is 0. The zero-order valence-electron chi connectivity index (χ0n) is 8.27. The Labute approximate surface area is 87.8 Å². The minimum absolute atomic E-state index is 0.159. The van der Waals surface area contributed by atoms with Gasteiger partial charge in [0, 0.05) is 12.8 Å². The first-order valence-electron chi connectivity index (χ1n) is 4.95. The lowest BCUT2D eigenvalue weighted by molar-refractivity contribution is 0.0928. The summed E-state index contributed by atoms with van der Waals surface area (Å²) in [5.41, 5.74) is 0. The van der Waals surface area contributed by atoms with Crippen LogP contribution in [-0.2, 0) is 4.74 Å². The number of anilines is 1. The van der Waals surface area contributed by atoms with Crippen LogP contribution in [0.1, 0.15) is 12.8 Å². The van der Waals surface area contributed by atoms with Crippen LogP contribution in [0.2, 0.25) is 0 Å².